The second-order valence-corrected chi connectivity index (χ2v) is 3.49. The molecule has 0 aliphatic rings. The van der Waals surface area contributed by atoms with Crippen LogP contribution < -0.4 is 10.5 Å². The van der Waals surface area contributed by atoms with Gasteiger partial charge in [0.2, 0.25) is 5.75 Å². The van der Waals surface area contributed by atoms with Crippen molar-refractivity contribution in [3.63, 3.8) is 0 Å². The van der Waals surface area contributed by atoms with E-state index in [-0.39, 0.29) is 29.3 Å². The molecule has 94 valence electrons. The molecule has 2 N–H and O–H groups in total. The van der Waals surface area contributed by atoms with Crippen LogP contribution in [-0.2, 0) is 0 Å². The van der Waals surface area contributed by atoms with Crippen molar-refractivity contribution in [3.8, 4) is 11.8 Å². The lowest BCUT2D eigenvalue weighted by molar-refractivity contribution is -0.385. The summed E-state index contributed by atoms with van der Waals surface area (Å²) in [4.78, 5) is 10.4. The highest BCUT2D eigenvalue weighted by atomic mass is 16.6. The Hall–Kier alpha value is -2.55. The van der Waals surface area contributed by atoms with Gasteiger partial charge in [-0.1, -0.05) is 6.07 Å². The largest absolute Gasteiger partial charge is 0.487 e. The smallest absolute Gasteiger partial charge is 0.311 e. The zero-order chi connectivity index (χ0) is 13.7. The molecule has 1 aromatic carbocycles. The molecule has 0 unspecified atom stereocenters. The fourth-order valence-corrected chi connectivity index (χ4v) is 1.44. The molecule has 6 nitrogen and oxygen atoms in total. The fraction of sp³-hybridized carbons (Fsp3) is 0.250. The number of rotatable bonds is 4. The van der Waals surface area contributed by atoms with Gasteiger partial charge in [-0.2, -0.15) is 5.26 Å². The second kappa shape index (κ2) is 5.68. The number of nitro groups is 1. The van der Waals surface area contributed by atoms with Crippen molar-refractivity contribution >= 4 is 11.4 Å². The van der Waals surface area contributed by atoms with E-state index in [4.69, 9.17) is 15.7 Å². The average Bonchev–Trinajstić information content (AvgIpc) is 2.37. The van der Waals surface area contributed by atoms with E-state index < -0.39 is 4.92 Å². The van der Waals surface area contributed by atoms with Crippen LogP contribution in [0, 0.1) is 21.4 Å². The summed E-state index contributed by atoms with van der Waals surface area (Å²) in [6.45, 7) is 3.54. The van der Waals surface area contributed by atoms with Gasteiger partial charge in [-0.25, -0.2) is 0 Å². The summed E-state index contributed by atoms with van der Waals surface area (Å²) in [5.74, 6) is 0.0945. The van der Waals surface area contributed by atoms with E-state index in [9.17, 15) is 10.1 Å². The lowest BCUT2D eigenvalue weighted by atomic mass is 10.1. The van der Waals surface area contributed by atoms with Crippen LogP contribution in [0.15, 0.2) is 23.8 Å². The number of benzene rings is 1. The highest BCUT2D eigenvalue weighted by Gasteiger charge is 2.20. The second-order valence-electron chi connectivity index (χ2n) is 3.49. The molecule has 1 aromatic rings. The minimum Gasteiger partial charge on any atom is -0.487 e. The van der Waals surface area contributed by atoms with Gasteiger partial charge in [-0.3, -0.25) is 10.1 Å². The monoisotopic (exact) mass is 247 g/mol. The summed E-state index contributed by atoms with van der Waals surface area (Å²) in [7, 11) is 0. The van der Waals surface area contributed by atoms with E-state index in [0.717, 1.165) is 0 Å². The first-order chi connectivity index (χ1) is 8.52. The third-order valence-corrected chi connectivity index (χ3v) is 2.34. The maximum Gasteiger partial charge on any atom is 0.311 e. The standard InChI is InChI=1S/C12H13N3O3/c1-3-18-12-9(11(14)8(2)7-13)5-4-6-10(12)15(16)17/h4-6H,3,14H2,1-2H3/b11-8+. The molecule has 6 heteroatoms. The quantitative estimate of drug-likeness (QED) is 0.499. The molecule has 1 rings (SSSR count). The van der Waals surface area contributed by atoms with E-state index in [0.29, 0.717) is 5.56 Å². The molecule has 0 heterocycles. The SMILES string of the molecule is CCOc1c(/C(N)=C(/C)C#N)cccc1[N+](=O)[O-]. The number of nitro benzene ring substituents is 1. The van der Waals surface area contributed by atoms with Gasteiger partial charge >= 0.3 is 5.69 Å². The normalized spacial score (nSPS) is 11.4. The molecular weight excluding hydrogens is 234 g/mol. The first kappa shape index (κ1) is 13.5. The van der Waals surface area contributed by atoms with Crippen molar-refractivity contribution in [2.75, 3.05) is 6.61 Å². The Morgan fingerprint density at radius 1 is 1.61 bits per heavy atom. The zero-order valence-electron chi connectivity index (χ0n) is 10.1. The molecule has 0 aliphatic heterocycles. The highest BCUT2D eigenvalue weighted by molar-refractivity contribution is 5.76. The molecule has 0 atom stereocenters. The number of hydrogen-bond acceptors (Lipinski definition) is 5. The van der Waals surface area contributed by atoms with Crippen molar-refractivity contribution in [1.29, 1.82) is 5.26 Å². The van der Waals surface area contributed by atoms with Gasteiger partial charge in [0.15, 0.2) is 0 Å². The van der Waals surface area contributed by atoms with E-state index in [2.05, 4.69) is 0 Å². The first-order valence-electron chi connectivity index (χ1n) is 5.29. The van der Waals surface area contributed by atoms with Crippen LogP contribution in [0.3, 0.4) is 0 Å². The summed E-state index contributed by atoms with van der Waals surface area (Å²) in [6.07, 6.45) is 0. The predicted molar refractivity (Wildman–Crippen MR) is 66.7 cm³/mol. The van der Waals surface area contributed by atoms with Crippen LogP contribution in [0.25, 0.3) is 5.70 Å². The van der Waals surface area contributed by atoms with Gasteiger partial charge in [-0.05, 0) is 19.9 Å². The summed E-state index contributed by atoms with van der Waals surface area (Å²) < 4.78 is 5.28. The third kappa shape index (κ3) is 2.58. The van der Waals surface area contributed by atoms with Gasteiger partial charge in [0, 0.05) is 11.6 Å². The number of nitrogens with two attached hydrogens (primary N) is 1. The van der Waals surface area contributed by atoms with Crippen LogP contribution in [0.1, 0.15) is 19.4 Å². The van der Waals surface area contributed by atoms with Crippen molar-refractivity contribution in [1.82, 2.24) is 0 Å². The van der Waals surface area contributed by atoms with Gasteiger partial charge < -0.3 is 10.5 Å². The number of nitrogens with zero attached hydrogens (tertiary/aromatic N) is 2. The molecular formula is C12H13N3O3. The molecule has 0 amide bonds. The molecule has 0 bridgehead atoms. The number of para-hydroxylation sites is 1. The summed E-state index contributed by atoms with van der Waals surface area (Å²) in [5.41, 5.74) is 6.48. The Morgan fingerprint density at radius 2 is 2.28 bits per heavy atom. The topological polar surface area (TPSA) is 102 Å². The zero-order valence-corrected chi connectivity index (χ0v) is 10.1. The maximum absolute atomic E-state index is 10.9. The summed E-state index contributed by atoms with van der Waals surface area (Å²) in [6, 6.07) is 6.35. The Balaban J connectivity index is 3.50. The number of hydrogen-bond donors (Lipinski definition) is 1. The van der Waals surface area contributed by atoms with Crippen LogP contribution in [0.4, 0.5) is 5.69 Å². The number of nitriles is 1. The van der Waals surface area contributed by atoms with Crippen molar-refractivity contribution in [3.05, 3.63) is 39.4 Å². The molecule has 0 radical (unpaired) electrons. The molecule has 0 saturated carbocycles. The maximum atomic E-state index is 10.9. The van der Waals surface area contributed by atoms with E-state index in [1.165, 1.54) is 12.1 Å². The van der Waals surface area contributed by atoms with Crippen molar-refractivity contribution in [2.24, 2.45) is 5.73 Å². The van der Waals surface area contributed by atoms with Gasteiger partial charge in [-0.15, -0.1) is 0 Å². The summed E-state index contributed by atoms with van der Waals surface area (Å²) in [5, 5.41) is 19.7. The van der Waals surface area contributed by atoms with Crippen LogP contribution in [0.2, 0.25) is 0 Å². The highest BCUT2D eigenvalue weighted by Crippen LogP contribution is 2.34. The van der Waals surface area contributed by atoms with Gasteiger partial charge in [0.25, 0.3) is 0 Å². The molecule has 0 saturated heterocycles. The predicted octanol–water partition coefficient (Wildman–Crippen LogP) is 2.21. The molecule has 0 fully saturated rings. The Kier molecular flexibility index (Phi) is 4.27. The Morgan fingerprint density at radius 3 is 2.78 bits per heavy atom. The average molecular weight is 247 g/mol. The molecule has 0 aliphatic carbocycles. The van der Waals surface area contributed by atoms with Crippen molar-refractivity contribution in [2.45, 2.75) is 13.8 Å². The van der Waals surface area contributed by atoms with Gasteiger partial charge in [0.05, 0.1) is 28.9 Å². The molecule has 0 spiro atoms. The van der Waals surface area contributed by atoms with E-state index in [1.807, 2.05) is 6.07 Å². The van der Waals surface area contributed by atoms with Gasteiger partial charge in [0.1, 0.15) is 0 Å². The Bertz CT molecular complexity index is 544. The lowest BCUT2D eigenvalue weighted by Gasteiger charge is -2.11. The Labute approximate surface area is 104 Å². The number of ether oxygens (including phenoxy) is 1. The van der Waals surface area contributed by atoms with Crippen molar-refractivity contribution < 1.29 is 9.66 Å². The van der Waals surface area contributed by atoms with Crippen LogP contribution >= 0.6 is 0 Å². The van der Waals surface area contributed by atoms with Crippen LogP contribution in [-0.4, -0.2) is 11.5 Å². The molecule has 0 aromatic heterocycles. The van der Waals surface area contributed by atoms with E-state index >= 15 is 0 Å². The lowest BCUT2D eigenvalue weighted by Crippen LogP contribution is -2.06. The fourth-order valence-electron chi connectivity index (χ4n) is 1.44. The van der Waals surface area contributed by atoms with E-state index in [1.54, 1.807) is 19.9 Å². The summed E-state index contributed by atoms with van der Waals surface area (Å²) >= 11 is 0. The third-order valence-electron chi connectivity index (χ3n) is 2.34. The minimum atomic E-state index is -0.538. The van der Waals surface area contributed by atoms with Crippen LogP contribution in [0.5, 0.6) is 5.75 Å². The first-order valence-corrected chi connectivity index (χ1v) is 5.29. The minimum absolute atomic E-state index is 0.0945. The number of allylic oxidation sites excluding steroid dienone is 1. The molecule has 18 heavy (non-hydrogen) atoms.